The fourth-order valence-corrected chi connectivity index (χ4v) is 1.84. The van der Waals surface area contributed by atoms with Crippen LogP contribution in [0.4, 0.5) is 4.39 Å². The maximum absolute atomic E-state index is 13.2. The molecule has 2 aromatic rings. The predicted molar refractivity (Wildman–Crippen MR) is 60.9 cm³/mol. The van der Waals surface area contributed by atoms with Crippen molar-refractivity contribution < 1.29 is 9.18 Å². The fraction of sp³-hybridized carbons (Fsp3) is 0.200. The number of aromatic nitrogens is 4. The highest BCUT2D eigenvalue weighted by molar-refractivity contribution is 9.10. The van der Waals surface area contributed by atoms with Gasteiger partial charge in [-0.05, 0) is 27.2 Å². The van der Waals surface area contributed by atoms with Crippen molar-refractivity contribution in [2.75, 3.05) is 0 Å². The summed E-state index contributed by atoms with van der Waals surface area (Å²) < 4.78 is 13.4. The van der Waals surface area contributed by atoms with Gasteiger partial charge in [-0.1, -0.05) is 12.1 Å². The van der Waals surface area contributed by atoms with Crippen LogP contribution in [-0.2, 0) is 13.5 Å². The molecule has 0 radical (unpaired) electrons. The summed E-state index contributed by atoms with van der Waals surface area (Å²) in [7, 11) is 1.61. The number of halogens is 2. The second-order valence-electron chi connectivity index (χ2n) is 3.40. The Labute approximate surface area is 105 Å². The number of Topliss-reactive ketones (excluding diaryl/α,β-unsaturated/α-hetero) is 1. The van der Waals surface area contributed by atoms with E-state index in [0.29, 0.717) is 5.82 Å². The molecule has 0 fully saturated rings. The summed E-state index contributed by atoms with van der Waals surface area (Å²) in [6.45, 7) is 0. The van der Waals surface area contributed by atoms with Gasteiger partial charge in [0.05, 0.1) is 17.9 Å². The van der Waals surface area contributed by atoms with Crippen LogP contribution < -0.4 is 0 Å². The molecule has 1 heterocycles. The van der Waals surface area contributed by atoms with Gasteiger partial charge >= 0.3 is 0 Å². The highest BCUT2D eigenvalue weighted by Gasteiger charge is 2.15. The molecular weight excluding hydrogens is 291 g/mol. The smallest absolute Gasteiger partial charge is 0.182 e. The third-order valence-corrected chi connectivity index (χ3v) is 2.93. The van der Waals surface area contributed by atoms with Crippen LogP contribution in [0.2, 0.25) is 0 Å². The molecule has 2 rings (SSSR count). The minimum atomic E-state index is -0.469. The molecule has 1 aromatic heterocycles. The quantitative estimate of drug-likeness (QED) is 0.807. The Morgan fingerprint density at radius 1 is 1.53 bits per heavy atom. The molecule has 0 bridgehead atoms. The number of aryl methyl sites for hydroxylation is 1. The van der Waals surface area contributed by atoms with Crippen molar-refractivity contribution in [3.63, 3.8) is 0 Å². The van der Waals surface area contributed by atoms with Gasteiger partial charge in [0.25, 0.3) is 0 Å². The molecule has 0 saturated carbocycles. The number of rotatable bonds is 3. The first-order chi connectivity index (χ1) is 8.08. The lowest BCUT2D eigenvalue weighted by molar-refractivity contribution is 0.0989. The van der Waals surface area contributed by atoms with Gasteiger partial charge in [0.2, 0.25) is 0 Å². The molecule has 0 spiro atoms. The number of carbonyl (C=O) groups is 1. The van der Waals surface area contributed by atoms with Crippen LogP contribution in [0.3, 0.4) is 0 Å². The molecule has 17 heavy (non-hydrogen) atoms. The summed E-state index contributed by atoms with van der Waals surface area (Å²) in [4.78, 5) is 13.1. The van der Waals surface area contributed by atoms with E-state index in [9.17, 15) is 9.18 Å². The van der Waals surface area contributed by atoms with Gasteiger partial charge in [-0.2, -0.15) is 4.80 Å². The Bertz CT molecular complexity index is 569. The summed E-state index contributed by atoms with van der Waals surface area (Å²) >= 11 is 3.04. The molecule has 7 heteroatoms. The lowest BCUT2D eigenvalue weighted by Gasteiger charge is -2.02. The van der Waals surface area contributed by atoms with Crippen LogP contribution in [0.1, 0.15) is 16.2 Å². The van der Waals surface area contributed by atoms with Crippen molar-refractivity contribution in [2.24, 2.45) is 7.05 Å². The van der Waals surface area contributed by atoms with Crippen LogP contribution in [-0.4, -0.2) is 26.0 Å². The van der Waals surface area contributed by atoms with Crippen LogP contribution >= 0.6 is 15.9 Å². The van der Waals surface area contributed by atoms with E-state index >= 15 is 0 Å². The van der Waals surface area contributed by atoms with Crippen molar-refractivity contribution in [2.45, 2.75) is 6.42 Å². The second-order valence-corrected chi connectivity index (χ2v) is 4.19. The summed E-state index contributed by atoms with van der Waals surface area (Å²) in [6.07, 6.45) is -0.00407. The lowest BCUT2D eigenvalue weighted by Crippen LogP contribution is -2.07. The molecule has 88 valence electrons. The summed E-state index contributed by atoms with van der Waals surface area (Å²) in [6, 6.07) is 4.31. The van der Waals surface area contributed by atoms with Gasteiger partial charge in [0.1, 0.15) is 5.82 Å². The SMILES string of the molecule is Cn1nnc(CC(=O)c2cccc(F)c2Br)n1. The van der Waals surface area contributed by atoms with Crippen molar-refractivity contribution in [3.05, 3.63) is 39.9 Å². The highest BCUT2D eigenvalue weighted by Crippen LogP contribution is 2.21. The third kappa shape index (κ3) is 2.55. The minimum Gasteiger partial charge on any atom is -0.294 e. The minimum absolute atomic E-state index is 0.00407. The molecule has 0 amide bonds. The van der Waals surface area contributed by atoms with E-state index < -0.39 is 5.82 Å². The number of hydrogen-bond donors (Lipinski definition) is 0. The zero-order valence-electron chi connectivity index (χ0n) is 8.89. The fourth-order valence-electron chi connectivity index (χ4n) is 1.35. The first kappa shape index (κ1) is 11.8. The summed E-state index contributed by atoms with van der Waals surface area (Å²) in [5.41, 5.74) is 0.275. The average Bonchev–Trinajstić information content (AvgIpc) is 2.68. The van der Waals surface area contributed by atoms with Gasteiger partial charge in [-0.25, -0.2) is 4.39 Å². The number of hydrogen-bond acceptors (Lipinski definition) is 4. The van der Waals surface area contributed by atoms with Crippen molar-refractivity contribution in [1.29, 1.82) is 0 Å². The highest BCUT2D eigenvalue weighted by atomic mass is 79.9. The number of carbonyl (C=O) groups excluding carboxylic acids is 1. The summed E-state index contributed by atoms with van der Waals surface area (Å²) in [5, 5.41) is 11.2. The molecule has 0 aliphatic heterocycles. The lowest BCUT2D eigenvalue weighted by atomic mass is 10.1. The Morgan fingerprint density at radius 2 is 2.29 bits per heavy atom. The molecule has 0 saturated heterocycles. The third-order valence-electron chi connectivity index (χ3n) is 2.12. The van der Waals surface area contributed by atoms with E-state index in [4.69, 9.17) is 0 Å². The molecule has 0 N–H and O–H groups in total. The summed E-state index contributed by atoms with van der Waals surface area (Å²) in [5.74, 6) is -0.416. The van der Waals surface area contributed by atoms with E-state index in [-0.39, 0.29) is 22.2 Å². The van der Waals surface area contributed by atoms with Gasteiger partial charge in [-0.3, -0.25) is 4.79 Å². The van der Waals surface area contributed by atoms with Gasteiger partial charge < -0.3 is 0 Å². The van der Waals surface area contributed by atoms with Crippen molar-refractivity contribution >= 4 is 21.7 Å². The Kier molecular flexibility index (Phi) is 3.28. The topological polar surface area (TPSA) is 60.7 Å². The van der Waals surface area contributed by atoms with Crippen LogP contribution in [0.5, 0.6) is 0 Å². The largest absolute Gasteiger partial charge is 0.294 e. The maximum atomic E-state index is 13.2. The van der Waals surface area contributed by atoms with E-state index in [1.807, 2.05) is 0 Å². The predicted octanol–water partition coefficient (Wildman–Crippen LogP) is 1.54. The maximum Gasteiger partial charge on any atom is 0.182 e. The molecule has 1 aromatic carbocycles. The van der Waals surface area contributed by atoms with Crippen molar-refractivity contribution in [3.8, 4) is 0 Å². The van der Waals surface area contributed by atoms with Gasteiger partial charge in [0, 0.05) is 5.56 Å². The standard InChI is InChI=1S/C10H8BrFN4O/c1-16-14-9(13-15-16)5-8(17)6-3-2-4-7(12)10(6)11/h2-4H,5H2,1H3. The number of benzene rings is 1. The first-order valence-corrected chi connectivity index (χ1v) is 5.57. The van der Waals surface area contributed by atoms with Crippen LogP contribution in [0.15, 0.2) is 22.7 Å². The number of nitrogens with zero attached hydrogens (tertiary/aromatic N) is 4. The van der Waals surface area contributed by atoms with Gasteiger partial charge in [0.15, 0.2) is 11.6 Å². The normalized spacial score (nSPS) is 10.5. The zero-order chi connectivity index (χ0) is 12.4. The van der Waals surface area contributed by atoms with Crippen molar-refractivity contribution in [1.82, 2.24) is 20.2 Å². The Hall–Kier alpha value is -1.63. The van der Waals surface area contributed by atoms with Gasteiger partial charge in [-0.15, -0.1) is 10.2 Å². The average molecular weight is 299 g/mol. The molecule has 0 aliphatic carbocycles. The molecular formula is C10H8BrFN4O. The monoisotopic (exact) mass is 298 g/mol. The van der Waals surface area contributed by atoms with Crippen LogP contribution in [0, 0.1) is 5.82 Å². The van der Waals surface area contributed by atoms with E-state index in [1.54, 1.807) is 13.1 Å². The first-order valence-electron chi connectivity index (χ1n) is 4.78. The molecule has 0 atom stereocenters. The number of tetrazole rings is 1. The van der Waals surface area contributed by atoms with E-state index in [0.717, 1.165) is 0 Å². The van der Waals surface area contributed by atoms with E-state index in [1.165, 1.54) is 16.9 Å². The Morgan fingerprint density at radius 3 is 2.94 bits per heavy atom. The molecule has 0 unspecified atom stereocenters. The molecule has 5 nitrogen and oxygen atoms in total. The zero-order valence-corrected chi connectivity index (χ0v) is 10.5. The second kappa shape index (κ2) is 4.70. The number of ketones is 1. The van der Waals surface area contributed by atoms with Crippen LogP contribution in [0.25, 0.3) is 0 Å². The van der Waals surface area contributed by atoms with E-state index in [2.05, 4.69) is 31.3 Å². The molecule has 0 aliphatic rings. The Balaban J connectivity index is 2.23.